The summed E-state index contributed by atoms with van der Waals surface area (Å²) in [4.78, 5) is 28.5. The number of rotatable bonds is 5. The van der Waals surface area contributed by atoms with E-state index in [-0.39, 0.29) is 18.5 Å². The Labute approximate surface area is 166 Å². The van der Waals surface area contributed by atoms with E-state index in [1.165, 1.54) is 0 Å². The van der Waals surface area contributed by atoms with Gasteiger partial charge in [0.15, 0.2) is 0 Å². The van der Waals surface area contributed by atoms with E-state index in [9.17, 15) is 9.59 Å². The Kier molecular flexibility index (Phi) is 6.43. The van der Waals surface area contributed by atoms with Gasteiger partial charge in [0.2, 0.25) is 5.91 Å². The third-order valence-electron chi connectivity index (χ3n) is 6.26. The summed E-state index contributed by atoms with van der Waals surface area (Å²) < 4.78 is 0. The van der Waals surface area contributed by atoms with Crippen molar-refractivity contribution >= 4 is 23.5 Å². The highest BCUT2D eigenvalue weighted by Crippen LogP contribution is 2.43. The van der Waals surface area contributed by atoms with Crippen LogP contribution in [0.5, 0.6) is 0 Å². The Hall–Kier alpha value is -1.59. The smallest absolute Gasteiger partial charge is 0.317 e. The molecule has 5 nitrogen and oxygen atoms in total. The lowest BCUT2D eigenvalue weighted by Crippen LogP contribution is -2.46. The minimum atomic E-state index is -0.803. The Morgan fingerprint density at radius 1 is 1.15 bits per heavy atom. The van der Waals surface area contributed by atoms with Gasteiger partial charge in [0, 0.05) is 24.2 Å². The van der Waals surface area contributed by atoms with Gasteiger partial charge in [-0.05, 0) is 56.8 Å². The van der Waals surface area contributed by atoms with Gasteiger partial charge in [-0.1, -0.05) is 36.6 Å². The molecule has 2 fully saturated rings. The third kappa shape index (κ3) is 4.46. The van der Waals surface area contributed by atoms with Gasteiger partial charge in [-0.3, -0.25) is 14.5 Å². The van der Waals surface area contributed by atoms with Gasteiger partial charge in [-0.2, -0.15) is 0 Å². The van der Waals surface area contributed by atoms with Crippen LogP contribution in [0.3, 0.4) is 0 Å². The van der Waals surface area contributed by atoms with Crippen molar-refractivity contribution in [3.05, 3.63) is 34.9 Å². The lowest BCUT2D eigenvalue weighted by Gasteiger charge is -2.34. The van der Waals surface area contributed by atoms with Gasteiger partial charge >= 0.3 is 5.97 Å². The number of benzene rings is 1. The predicted octanol–water partition coefficient (Wildman–Crippen LogP) is 3.55. The highest BCUT2D eigenvalue weighted by molar-refractivity contribution is 6.30. The predicted molar refractivity (Wildman–Crippen MR) is 106 cm³/mol. The fraction of sp³-hybridized carbons (Fsp3) is 0.619. The largest absolute Gasteiger partial charge is 0.480 e. The molecule has 1 atom stereocenters. The molecule has 6 heteroatoms. The number of carboxylic acid groups (broad SMARTS) is 1. The maximum Gasteiger partial charge on any atom is 0.317 e. The van der Waals surface area contributed by atoms with E-state index in [1.54, 1.807) is 0 Å². The monoisotopic (exact) mass is 392 g/mol. The average molecular weight is 393 g/mol. The first-order valence-corrected chi connectivity index (χ1v) is 10.3. The molecule has 27 heavy (non-hydrogen) atoms. The number of carbonyl (C=O) groups is 2. The van der Waals surface area contributed by atoms with Crippen LogP contribution < -0.4 is 0 Å². The number of carbonyl (C=O) groups excluding carboxylic acids is 1. The molecule has 1 aliphatic heterocycles. The maximum atomic E-state index is 13.6. The molecule has 1 unspecified atom stereocenters. The van der Waals surface area contributed by atoms with Gasteiger partial charge in [0.1, 0.15) is 0 Å². The van der Waals surface area contributed by atoms with Crippen LogP contribution in [0, 0.1) is 0 Å². The summed E-state index contributed by atoms with van der Waals surface area (Å²) in [6.45, 7) is 1.50. The summed E-state index contributed by atoms with van der Waals surface area (Å²) in [5.41, 5.74) is 0.662. The van der Waals surface area contributed by atoms with Crippen LogP contribution in [0.1, 0.15) is 50.5 Å². The first-order chi connectivity index (χ1) is 12.9. The van der Waals surface area contributed by atoms with Crippen LogP contribution >= 0.6 is 11.6 Å². The lowest BCUT2D eigenvalue weighted by molar-refractivity contribution is -0.139. The molecular formula is C21H29ClN2O3. The topological polar surface area (TPSA) is 60.9 Å². The van der Waals surface area contributed by atoms with Crippen LogP contribution in [-0.2, 0) is 15.0 Å². The Morgan fingerprint density at radius 3 is 2.44 bits per heavy atom. The van der Waals surface area contributed by atoms with E-state index in [4.69, 9.17) is 16.7 Å². The van der Waals surface area contributed by atoms with E-state index in [0.29, 0.717) is 11.6 Å². The summed E-state index contributed by atoms with van der Waals surface area (Å²) in [6, 6.07) is 7.99. The number of amides is 1. The van der Waals surface area contributed by atoms with E-state index in [0.717, 1.165) is 57.1 Å². The molecule has 0 bridgehead atoms. The number of hydrogen-bond acceptors (Lipinski definition) is 3. The number of carboxylic acids is 1. The van der Waals surface area contributed by atoms with Crippen molar-refractivity contribution < 1.29 is 14.7 Å². The molecular weight excluding hydrogens is 364 g/mol. The van der Waals surface area contributed by atoms with Crippen LogP contribution in [0.2, 0.25) is 5.02 Å². The number of likely N-dealkylation sites (tertiary alicyclic amines) is 1. The number of hydrogen-bond donors (Lipinski definition) is 1. The van der Waals surface area contributed by atoms with Gasteiger partial charge in [0.05, 0.1) is 12.0 Å². The number of aliphatic carboxylic acids is 1. The molecule has 0 aromatic heterocycles. The van der Waals surface area contributed by atoms with E-state index in [1.807, 2.05) is 41.1 Å². The van der Waals surface area contributed by atoms with Crippen molar-refractivity contribution in [2.75, 3.05) is 26.7 Å². The Morgan fingerprint density at radius 2 is 1.81 bits per heavy atom. The van der Waals surface area contributed by atoms with Crippen LogP contribution in [0.4, 0.5) is 0 Å². The molecule has 148 valence electrons. The second-order valence-corrected chi connectivity index (χ2v) is 8.42. The molecule has 1 aromatic rings. The lowest BCUT2D eigenvalue weighted by atomic mass is 9.77. The Balaban J connectivity index is 1.73. The second-order valence-electron chi connectivity index (χ2n) is 7.98. The normalized spacial score (nSPS) is 22.6. The van der Waals surface area contributed by atoms with Crippen LogP contribution in [0.15, 0.2) is 24.3 Å². The minimum Gasteiger partial charge on any atom is -0.480 e. The minimum absolute atomic E-state index is 0.0489. The third-order valence-corrected chi connectivity index (χ3v) is 6.51. The first kappa shape index (κ1) is 20.2. The molecule has 0 radical (unpaired) electrons. The molecule has 2 aliphatic rings. The van der Waals surface area contributed by atoms with Gasteiger partial charge in [-0.25, -0.2) is 0 Å². The first-order valence-electron chi connectivity index (χ1n) is 9.90. The van der Waals surface area contributed by atoms with Crippen molar-refractivity contribution in [1.29, 1.82) is 0 Å². The summed E-state index contributed by atoms with van der Waals surface area (Å²) in [5, 5.41) is 9.73. The standard InChI is InChI=1S/C21H29ClN2O3/c1-23(15-19(25)26)18-5-4-13-24(14-10-18)20(27)21(11-2-3-12-21)16-6-8-17(22)9-7-16/h6-9,18H,2-5,10-15H2,1H3,(H,25,26). The molecule has 3 rings (SSSR count). The zero-order chi connectivity index (χ0) is 19.4. The zero-order valence-electron chi connectivity index (χ0n) is 16.0. The van der Waals surface area contributed by atoms with E-state index >= 15 is 0 Å². The summed E-state index contributed by atoms with van der Waals surface area (Å²) in [5.74, 6) is -0.564. The van der Waals surface area contributed by atoms with Crippen molar-refractivity contribution in [3.8, 4) is 0 Å². The Bertz CT molecular complexity index is 671. The van der Waals surface area contributed by atoms with E-state index in [2.05, 4.69) is 0 Å². The average Bonchev–Trinajstić information content (AvgIpc) is 3.00. The molecule has 1 saturated heterocycles. The van der Waals surface area contributed by atoms with Crippen LogP contribution in [0.25, 0.3) is 0 Å². The summed E-state index contributed by atoms with van der Waals surface area (Å²) >= 11 is 6.05. The fourth-order valence-corrected chi connectivity index (χ4v) is 4.87. The SMILES string of the molecule is CN(CC(=O)O)C1CCCN(C(=O)C2(c3ccc(Cl)cc3)CCCC2)CC1. The highest BCUT2D eigenvalue weighted by Gasteiger charge is 2.45. The number of nitrogens with zero attached hydrogens (tertiary/aromatic N) is 2. The molecule has 1 aromatic carbocycles. The molecule has 0 spiro atoms. The van der Waals surface area contributed by atoms with Crippen molar-refractivity contribution in [2.45, 2.75) is 56.4 Å². The second kappa shape index (κ2) is 8.61. The highest BCUT2D eigenvalue weighted by atomic mass is 35.5. The van der Waals surface area contributed by atoms with Crippen molar-refractivity contribution in [3.63, 3.8) is 0 Å². The van der Waals surface area contributed by atoms with E-state index < -0.39 is 11.4 Å². The summed E-state index contributed by atoms with van der Waals surface area (Å²) in [6.07, 6.45) is 6.61. The van der Waals surface area contributed by atoms with Crippen molar-refractivity contribution in [1.82, 2.24) is 9.80 Å². The maximum absolute atomic E-state index is 13.6. The van der Waals surface area contributed by atoms with Crippen molar-refractivity contribution in [2.24, 2.45) is 0 Å². The molecule has 1 N–H and O–H groups in total. The molecule has 1 heterocycles. The summed E-state index contributed by atoms with van der Waals surface area (Å²) in [7, 11) is 1.86. The number of likely N-dealkylation sites (N-methyl/N-ethyl adjacent to an activating group) is 1. The molecule has 1 saturated carbocycles. The zero-order valence-corrected chi connectivity index (χ0v) is 16.7. The van der Waals surface area contributed by atoms with Gasteiger partial charge < -0.3 is 10.0 Å². The number of halogens is 1. The molecule has 1 aliphatic carbocycles. The molecule has 1 amide bonds. The quantitative estimate of drug-likeness (QED) is 0.832. The van der Waals surface area contributed by atoms with Crippen LogP contribution in [-0.4, -0.2) is 59.5 Å². The fourth-order valence-electron chi connectivity index (χ4n) is 4.74. The van der Waals surface area contributed by atoms with Gasteiger partial charge in [0.25, 0.3) is 0 Å². The van der Waals surface area contributed by atoms with Gasteiger partial charge in [-0.15, -0.1) is 0 Å².